The van der Waals surface area contributed by atoms with E-state index in [1.807, 2.05) is 133 Å². The molecular weight excluding hydrogens is 433 g/mol. The van der Waals surface area contributed by atoms with E-state index in [4.69, 9.17) is 0 Å². The standard InChI is InChI=1S/C31H24NOP/c32-25-31(30(33)24-14-13-17-26-15-5-1-6-16-26)34(27-18-7-2-8-19-27,28-20-9-3-10-21-28)29-22-11-4-12-23-29/h1-24H/b17-13+,24-14+. The molecule has 0 radical (unpaired) electrons. The summed E-state index contributed by atoms with van der Waals surface area (Å²) in [6, 6.07) is 42.0. The van der Waals surface area contributed by atoms with Crippen LogP contribution in [-0.2, 0) is 4.79 Å². The van der Waals surface area contributed by atoms with Crippen molar-refractivity contribution in [3.63, 3.8) is 0 Å². The SMILES string of the molecule is N#CC(C(=O)/C=C/C=C/c1ccccc1)=P(c1ccccc1)(c1ccccc1)c1ccccc1. The lowest BCUT2D eigenvalue weighted by Gasteiger charge is -2.29. The number of ketones is 1. The minimum Gasteiger partial charge on any atom is -0.288 e. The Hall–Kier alpha value is -4.18. The first-order valence-corrected chi connectivity index (χ1v) is 12.8. The lowest BCUT2D eigenvalue weighted by Crippen LogP contribution is -2.32. The van der Waals surface area contributed by atoms with Crippen LogP contribution in [0.5, 0.6) is 0 Å². The van der Waals surface area contributed by atoms with Crippen LogP contribution < -0.4 is 15.9 Å². The van der Waals surface area contributed by atoms with Crippen molar-refractivity contribution < 1.29 is 4.79 Å². The van der Waals surface area contributed by atoms with Gasteiger partial charge in [-0.3, -0.25) is 4.79 Å². The van der Waals surface area contributed by atoms with Gasteiger partial charge in [-0.05, 0) is 34.4 Å². The van der Waals surface area contributed by atoms with Crippen molar-refractivity contribution >= 4 is 40.0 Å². The predicted molar refractivity (Wildman–Crippen MR) is 145 cm³/mol. The first-order valence-electron chi connectivity index (χ1n) is 11.0. The molecule has 0 N–H and O–H groups in total. The summed E-state index contributed by atoms with van der Waals surface area (Å²) in [7, 11) is 0. The summed E-state index contributed by atoms with van der Waals surface area (Å²) in [5.41, 5.74) is 1.05. The third-order valence-electron chi connectivity index (χ3n) is 5.55. The van der Waals surface area contributed by atoms with E-state index < -0.39 is 6.89 Å². The van der Waals surface area contributed by atoms with Crippen LogP contribution >= 0.6 is 6.89 Å². The quantitative estimate of drug-likeness (QED) is 0.208. The van der Waals surface area contributed by atoms with E-state index in [0.29, 0.717) is 0 Å². The highest BCUT2D eigenvalue weighted by Crippen LogP contribution is 2.46. The summed E-state index contributed by atoms with van der Waals surface area (Å²) in [4.78, 5) is 13.6. The van der Waals surface area contributed by atoms with Crippen molar-refractivity contribution in [2.45, 2.75) is 0 Å². The van der Waals surface area contributed by atoms with E-state index in [-0.39, 0.29) is 11.1 Å². The third kappa shape index (κ3) is 4.76. The molecule has 0 aromatic heterocycles. The first kappa shape index (κ1) is 23.0. The van der Waals surface area contributed by atoms with E-state index in [2.05, 4.69) is 6.07 Å². The lowest BCUT2D eigenvalue weighted by molar-refractivity contribution is -0.108. The number of allylic oxidation sites excluding steroid dienone is 3. The maximum absolute atomic E-state index is 13.6. The van der Waals surface area contributed by atoms with E-state index >= 15 is 0 Å². The molecule has 0 aliphatic carbocycles. The van der Waals surface area contributed by atoms with E-state index in [9.17, 15) is 10.1 Å². The number of hydrogen-bond donors (Lipinski definition) is 0. The van der Waals surface area contributed by atoms with Gasteiger partial charge in [0, 0.05) is 0 Å². The Balaban J connectivity index is 1.95. The maximum atomic E-state index is 13.6. The molecule has 0 saturated carbocycles. The van der Waals surface area contributed by atoms with Gasteiger partial charge in [0.2, 0.25) is 0 Å². The largest absolute Gasteiger partial charge is 0.288 e. The maximum Gasteiger partial charge on any atom is 0.197 e. The molecule has 0 aliphatic rings. The zero-order valence-corrected chi connectivity index (χ0v) is 19.6. The summed E-state index contributed by atoms with van der Waals surface area (Å²) in [6.45, 7) is -2.70. The number of rotatable bonds is 7. The van der Waals surface area contributed by atoms with Gasteiger partial charge in [-0.1, -0.05) is 140 Å². The molecule has 4 aromatic carbocycles. The fourth-order valence-corrected chi connectivity index (χ4v) is 8.12. The highest BCUT2D eigenvalue weighted by Gasteiger charge is 2.32. The van der Waals surface area contributed by atoms with Crippen molar-refractivity contribution in [2.75, 3.05) is 0 Å². The second kappa shape index (κ2) is 11.1. The Labute approximate surface area is 201 Å². The van der Waals surface area contributed by atoms with E-state index in [1.54, 1.807) is 6.08 Å². The van der Waals surface area contributed by atoms with Crippen LogP contribution in [0.1, 0.15) is 5.56 Å². The van der Waals surface area contributed by atoms with Gasteiger partial charge in [0.1, 0.15) is 11.4 Å². The second-order valence-electron chi connectivity index (χ2n) is 7.63. The molecule has 0 unspecified atom stereocenters. The fourth-order valence-electron chi connectivity index (χ4n) is 4.04. The highest BCUT2D eigenvalue weighted by molar-refractivity contribution is 7.97. The van der Waals surface area contributed by atoms with Crippen molar-refractivity contribution in [1.82, 2.24) is 0 Å². The zero-order chi connectivity index (χ0) is 23.6. The molecular formula is C31H24NOP. The van der Waals surface area contributed by atoms with Crippen molar-refractivity contribution in [1.29, 1.82) is 5.26 Å². The van der Waals surface area contributed by atoms with Gasteiger partial charge in [0.25, 0.3) is 0 Å². The van der Waals surface area contributed by atoms with Gasteiger partial charge >= 0.3 is 0 Å². The highest BCUT2D eigenvalue weighted by atomic mass is 31.2. The Morgan fingerprint density at radius 2 is 1.03 bits per heavy atom. The van der Waals surface area contributed by atoms with Crippen LogP contribution in [0.4, 0.5) is 0 Å². The van der Waals surface area contributed by atoms with Crippen molar-refractivity contribution in [3.05, 3.63) is 145 Å². The summed E-state index contributed by atoms with van der Waals surface area (Å²) < 4.78 is 0. The summed E-state index contributed by atoms with van der Waals surface area (Å²) in [5.74, 6) is -0.273. The molecule has 0 atom stereocenters. The minimum absolute atomic E-state index is 0.264. The topological polar surface area (TPSA) is 40.9 Å². The molecule has 0 aliphatic heterocycles. The molecule has 0 amide bonds. The molecule has 4 rings (SSSR count). The van der Waals surface area contributed by atoms with Crippen LogP contribution in [0.3, 0.4) is 0 Å². The molecule has 34 heavy (non-hydrogen) atoms. The number of carbonyl (C=O) groups excluding carboxylic acids is 1. The molecule has 0 fully saturated rings. The molecule has 0 spiro atoms. The molecule has 0 bridgehead atoms. The number of nitriles is 1. The number of hydrogen-bond acceptors (Lipinski definition) is 2. The Morgan fingerprint density at radius 1 is 0.618 bits per heavy atom. The molecule has 2 nitrogen and oxygen atoms in total. The second-order valence-corrected chi connectivity index (χ2v) is 11.0. The van der Waals surface area contributed by atoms with Crippen LogP contribution in [0.2, 0.25) is 0 Å². The Kier molecular flexibility index (Phi) is 7.51. The van der Waals surface area contributed by atoms with Crippen LogP contribution in [0.25, 0.3) is 6.08 Å². The monoisotopic (exact) mass is 457 g/mol. The molecule has 4 aromatic rings. The Bertz CT molecular complexity index is 1290. The first-order chi connectivity index (χ1) is 16.8. The summed E-state index contributed by atoms with van der Waals surface area (Å²) in [6.07, 6.45) is 6.98. The van der Waals surface area contributed by atoms with Gasteiger partial charge in [0.05, 0.1) is 0 Å². The molecule has 0 heterocycles. The van der Waals surface area contributed by atoms with E-state index in [0.717, 1.165) is 21.5 Å². The van der Waals surface area contributed by atoms with Gasteiger partial charge in [-0.15, -0.1) is 0 Å². The smallest absolute Gasteiger partial charge is 0.197 e. The van der Waals surface area contributed by atoms with Crippen LogP contribution in [0.15, 0.2) is 140 Å². The fraction of sp³-hybridized carbons (Fsp3) is 0. The number of carbonyl (C=O) groups is 1. The van der Waals surface area contributed by atoms with Gasteiger partial charge in [-0.2, -0.15) is 5.26 Å². The average molecular weight is 458 g/mol. The van der Waals surface area contributed by atoms with Gasteiger partial charge < -0.3 is 0 Å². The molecule has 0 saturated heterocycles. The van der Waals surface area contributed by atoms with Crippen molar-refractivity contribution in [2.24, 2.45) is 0 Å². The Morgan fingerprint density at radius 3 is 1.44 bits per heavy atom. The predicted octanol–water partition coefficient (Wildman–Crippen LogP) is 5.52. The van der Waals surface area contributed by atoms with Crippen molar-refractivity contribution in [3.8, 4) is 6.07 Å². The van der Waals surface area contributed by atoms with Gasteiger partial charge in [0.15, 0.2) is 5.78 Å². The van der Waals surface area contributed by atoms with Crippen LogP contribution in [-0.4, -0.2) is 11.1 Å². The van der Waals surface area contributed by atoms with Gasteiger partial charge in [-0.25, -0.2) is 0 Å². The number of nitrogens with zero attached hydrogens (tertiary/aromatic N) is 1. The summed E-state index contributed by atoms with van der Waals surface area (Å²) in [5, 5.41) is 13.6. The molecule has 164 valence electrons. The third-order valence-corrected chi connectivity index (χ3v) is 9.76. The summed E-state index contributed by atoms with van der Waals surface area (Å²) >= 11 is 0. The van der Waals surface area contributed by atoms with Crippen LogP contribution in [0, 0.1) is 11.3 Å². The normalized spacial score (nSPS) is 11.4. The van der Waals surface area contributed by atoms with E-state index in [1.165, 1.54) is 6.08 Å². The average Bonchev–Trinajstić information content (AvgIpc) is 2.91. The minimum atomic E-state index is -2.70. The molecule has 3 heteroatoms. The zero-order valence-electron chi connectivity index (χ0n) is 18.7. The number of benzene rings is 4. The lowest BCUT2D eigenvalue weighted by atomic mass is 10.2.